The van der Waals surface area contributed by atoms with Gasteiger partial charge in [0.2, 0.25) is 0 Å². The topological polar surface area (TPSA) is 152 Å². The van der Waals surface area contributed by atoms with Gasteiger partial charge in [-0.2, -0.15) is 0 Å². The first-order valence-electron chi connectivity index (χ1n) is 10.2. The Balaban J connectivity index is 0.000000362. The number of rotatable bonds is 9. The van der Waals surface area contributed by atoms with Crippen LogP contribution in [0.3, 0.4) is 0 Å². The number of sulfone groups is 2. The molecular formula is C24H26ClNO8S2. The van der Waals surface area contributed by atoms with Crippen LogP contribution in [0.25, 0.3) is 0 Å². The Bertz CT molecular complexity index is 1330. The molecule has 0 aromatic heterocycles. The molecule has 0 aliphatic carbocycles. The van der Waals surface area contributed by atoms with Gasteiger partial charge >= 0.3 is 0 Å². The molecule has 4 atom stereocenters. The second kappa shape index (κ2) is 13.4. The van der Waals surface area contributed by atoms with Gasteiger partial charge in [0.05, 0.1) is 17.1 Å². The number of aliphatic hydroxyl groups excluding tert-OH is 2. The molecule has 0 saturated carbocycles. The smallest absolute Gasteiger partial charge is 0.269 e. The van der Waals surface area contributed by atoms with Crippen LogP contribution in [-0.4, -0.2) is 56.7 Å². The molecule has 12 heteroatoms. The molecular weight excluding hydrogens is 530 g/mol. The van der Waals surface area contributed by atoms with Crippen molar-refractivity contribution >= 4 is 37.0 Å². The predicted molar refractivity (Wildman–Crippen MR) is 139 cm³/mol. The molecule has 0 bridgehead atoms. The van der Waals surface area contributed by atoms with Gasteiger partial charge in [-0.05, 0) is 23.3 Å². The van der Waals surface area contributed by atoms with Crippen LogP contribution >= 0.6 is 11.6 Å². The highest BCUT2D eigenvalue weighted by Gasteiger charge is 2.31. The summed E-state index contributed by atoms with van der Waals surface area (Å²) in [6, 6.07) is 11.3. The monoisotopic (exact) mass is 555 g/mol. The zero-order chi connectivity index (χ0) is 27.7. The minimum Gasteiger partial charge on any atom is -0.390 e. The maximum atomic E-state index is 11.7. The van der Waals surface area contributed by atoms with Crippen molar-refractivity contribution in [3.63, 3.8) is 0 Å². The number of aliphatic hydroxyl groups is 2. The Morgan fingerprint density at radius 3 is 1.44 bits per heavy atom. The van der Waals surface area contributed by atoms with Crippen LogP contribution in [0.2, 0.25) is 5.02 Å². The van der Waals surface area contributed by atoms with Crippen LogP contribution in [0.4, 0.5) is 5.69 Å². The maximum Gasteiger partial charge on any atom is 0.269 e. The molecule has 0 aliphatic rings. The molecule has 4 unspecified atom stereocenters. The summed E-state index contributed by atoms with van der Waals surface area (Å²) in [6.45, 7) is 0. The van der Waals surface area contributed by atoms with E-state index >= 15 is 0 Å². The summed E-state index contributed by atoms with van der Waals surface area (Å²) < 4.78 is 46.8. The molecule has 0 spiro atoms. The number of nitro groups is 1. The lowest BCUT2D eigenvalue weighted by atomic mass is 10.0. The second-order valence-electron chi connectivity index (χ2n) is 7.85. The van der Waals surface area contributed by atoms with Gasteiger partial charge in [-0.15, -0.1) is 24.7 Å². The van der Waals surface area contributed by atoms with Crippen LogP contribution in [0, 0.1) is 34.8 Å². The van der Waals surface area contributed by atoms with Gasteiger partial charge in [-0.3, -0.25) is 10.1 Å². The summed E-state index contributed by atoms with van der Waals surface area (Å²) in [5, 5.41) is 28.5. The van der Waals surface area contributed by atoms with Crippen molar-refractivity contribution < 1.29 is 32.0 Å². The van der Waals surface area contributed by atoms with Crippen molar-refractivity contribution in [3.05, 3.63) is 74.8 Å². The van der Waals surface area contributed by atoms with E-state index < -0.39 is 47.3 Å². The summed E-state index contributed by atoms with van der Waals surface area (Å²) in [5.41, 5.74) is 0.609. The van der Waals surface area contributed by atoms with Crippen molar-refractivity contribution in [1.29, 1.82) is 0 Å². The quantitative estimate of drug-likeness (QED) is 0.272. The number of halogens is 1. The Labute approximate surface area is 216 Å². The highest BCUT2D eigenvalue weighted by Crippen LogP contribution is 2.29. The van der Waals surface area contributed by atoms with E-state index in [-0.39, 0.29) is 24.1 Å². The lowest BCUT2D eigenvalue weighted by Gasteiger charge is -2.20. The summed E-state index contributed by atoms with van der Waals surface area (Å²) in [6.07, 6.45) is 9.71. The van der Waals surface area contributed by atoms with Crippen LogP contribution < -0.4 is 0 Å². The van der Waals surface area contributed by atoms with E-state index in [1.54, 1.807) is 24.3 Å². The molecule has 0 radical (unpaired) electrons. The molecule has 36 heavy (non-hydrogen) atoms. The highest BCUT2D eigenvalue weighted by atomic mass is 35.5. The molecule has 2 N–H and O–H groups in total. The molecule has 0 aliphatic heterocycles. The first kappa shape index (κ1) is 31.1. The van der Waals surface area contributed by atoms with Crippen LogP contribution in [0.5, 0.6) is 0 Å². The number of hydrogen-bond acceptors (Lipinski definition) is 8. The zero-order valence-corrected chi connectivity index (χ0v) is 21.9. The molecule has 2 aromatic rings. The summed E-state index contributed by atoms with van der Waals surface area (Å²) in [4.78, 5) is 9.94. The lowest BCUT2D eigenvalue weighted by molar-refractivity contribution is -0.384. The zero-order valence-electron chi connectivity index (χ0n) is 19.5. The molecule has 9 nitrogen and oxygen atoms in total. The maximum absolute atomic E-state index is 11.7. The van der Waals surface area contributed by atoms with E-state index in [2.05, 4.69) is 11.8 Å². The summed E-state index contributed by atoms with van der Waals surface area (Å²) in [5.74, 6) is 4.46. The number of non-ortho nitro benzene ring substituents is 1. The van der Waals surface area contributed by atoms with E-state index in [1.807, 2.05) is 0 Å². The van der Waals surface area contributed by atoms with Crippen molar-refractivity contribution in [1.82, 2.24) is 0 Å². The number of benzene rings is 2. The standard InChI is InChI=1S/C12H13ClO3S.C12H13NO5S/c1-3-4-11(14)12(17(2,15)16)9-5-7-10(13)8-6-9;1-3-4-11(14)12(19(2,17)18)9-5-7-10(8-6-9)13(15)16/h1,5-8,11-12,14H,4H2,2H3;1,5-8,11-12,14H,4H2,2H3. The number of terminal acetylenes is 2. The van der Waals surface area contributed by atoms with E-state index in [4.69, 9.17) is 24.4 Å². The van der Waals surface area contributed by atoms with Crippen LogP contribution in [-0.2, 0) is 19.7 Å². The fourth-order valence-corrected chi connectivity index (χ4v) is 6.17. The van der Waals surface area contributed by atoms with Gasteiger partial charge in [-0.1, -0.05) is 35.9 Å². The first-order chi connectivity index (χ1) is 16.6. The third-order valence-electron chi connectivity index (χ3n) is 4.91. The lowest BCUT2D eigenvalue weighted by Crippen LogP contribution is -2.25. The molecule has 0 saturated heterocycles. The van der Waals surface area contributed by atoms with Gasteiger partial charge in [0.25, 0.3) is 5.69 Å². The molecule has 194 valence electrons. The van der Waals surface area contributed by atoms with Crippen molar-refractivity contribution in [2.45, 2.75) is 35.5 Å². The molecule has 2 aromatic carbocycles. The molecule has 0 heterocycles. The molecule has 0 fully saturated rings. The Hall–Kier alpha value is -2.93. The van der Waals surface area contributed by atoms with Crippen molar-refractivity contribution in [2.24, 2.45) is 0 Å². The molecule has 0 amide bonds. The second-order valence-corrected chi connectivity index (χ2v) is 12.6. The normalized spacial score (nSPS) is 14.6. The fraction of sp³-hybridized carbons (Fsp3) is 0.333. The average Bonchev–Trinajstić information content (AvgIpc) is 2.75. The summed E-state index contributed by atoms with van der Waals surface area (Å²) >= 11 is 5.73. The Morgan fingerprint density at radius 1 is 0.833 bits per heavy atom. The van der Waals surface area contributed by atoms with Crippen molar-refractivity contribution in [2.75, 3.05) is 12.5 Å². The Morgan fingerprint density at radius 2 is 1.17 bits per heavy atom. The van der Waals surface area contributed by atoms with E-state index in [0.717, 1.165) is 12.5 Å². The Kier molecular flexibility index (Phi) is 11.6. The summed E-state index contributed by atoms with van der Waals surface area (Å²) in [7, 11) is -7.03. The molecule has 2 rings (SSSR count). The first-order valence-corrected chi connectivity index (χ1v) is 14.5. The number of nitrogens with zero attached hydrogens (tertiary/aromatic N) is 1. The predicted octanol–water partition coefficient (Wildman–Crippen LogP) is 2.87. The highest BCUT2D eigenvalue weighted by molar-refractivity contribution is 7.91. The third kappa shape index (κ3) is 9.26. The van der Waals surface area contributed by atoms with Gasteiger partial charge in [0, 0.05) is 42.5 Å². The largest absolute Gasteiger partial charge is 0.390 e. The van der Waals surface area contributed by atoms with E-state index in [1.165, 1.54) is 24.3 Å². The van der Waals surface area contributed by atoms with Crippen LogP contribution in [0.1, 0.15) is 34.5 Å². The number of nitro benzene ring substituents is 1. The van der Waals surface area contributed by atoms with E-state index in [9.17, 15) is 37.2 Å². The van der Waals surface area contributed by atoms with Crippen LogP contribution in [0.15, 0.2) is 48.5 Å². The van der Waals surface area contributed by atoms with Gasteiger partial charge in [0.1, 0.15) is 10.5 Å². The van der Waals surface area contributed by atoms with E-state index in [0.29, 0.717) is 10.6 Å². The van der Waals surface area contributed by atoms with Gasteiger partial charge in [-0.25, -0.2) is 16.8 Å². The minimum absolute atomic E-state index is 0.0135. The third-order valence-corrected chi connectivity index (χ3v) is 8.18. The average molecular weight is 556 g/mol. The fourth-order valence-electron chi connectivity index (χ4n) is 3.40. The minimum atomic E-state index is -3.59. The van der Waals surface area contributed by atoms with Crippen molar-refractivity contribution in [3.8, 4) is 24.7 Å². The SMILES string of the molecule is C#CCC(O)C(c1ccc(Cl)cc1)S(C)(=O)=O.C#CCC(O)C(c1ccc([N+](=O)[O-])cc1)S(C)(=O)=O. The van der Waals surface area contributed by atoms with Gasteiger partial charge in [0.15, 0.2) is 19.7 Å². The number of hydrogen-bond donors (Lipinski definition) is 2. The van der Waals surface area contributed by atoms with Gasteiger partial charge < -0.3 is 10.2 Å².